The maximum Gasteiger partial charge on any atom is 0.247 e. The minimum Gasteiger partial charge on any atom is -0.419 e. The summed E-state index contributed by atoms with van der Waals surface area (Å²) in [4.78, 5) is 11.2. The zero-order valence-corrected chi connectivity index (χ0v) is 11.9. The first-order chi connectivity index (χ1) is 9.60. The van der Waals surface area contributed by atoms with Crippen LogP contribution in [0.4, 0.5) is 0 Å². The van der Waals surface area contributed by atoms with Crippen molar-refractivity contribution in [1.29, 1.82) is 0 Å². The third kappa shape index (κ3) is 3.55. The Hall–Kier alpha value is -1.92. The molecule has 7 heteroatoms. The number of halogens is 1. The van der Waals surface area contributed by atoms with Crippen molar-refractivity contribution >= 4 is 17.5 Å². The molecule has 0 bridgehead atoms. The van der Waals surface area contributed by atoms with Crippen LogP contribution in [-0.4, -0.2) is 29.7 Å². The van der Waals surface area contributed by atoms with Gasteiger partial charge in [0, 0.05) is 17.6 Å². The van der Waals surface area contributed by atoms with E-state index in [9.17, 15) is 4.79 Å². The molecule has 2 aromatic rings. The van der Waals surface area contributed by atoms with E-state index in [4.69, 9.17) is 16.0 Å². The molecule has 1 heterocycles. The van der Waals surface area contributed by atoms with Crippen LogP contribution < -0.4 is 10.6 Å². The zero-order valence-electron chi connectivity index (χ0n) is 11.2. The molecule has 1 amide bonds. The third-order valence-corrected chi connectivity index (χ3v) is 2.97. The van der Waals surface area contributed by atoms with Crippen LogP contribution >= 0.6 is 11.6 Å². The molecule has 0 radical (unpaired) electrons. The first-order valence-electron chi connectivity index (χ1n) is 6.13. The van der Waals surface area contributed by atoms with Gasteiger partial charge in [-0.3, -0.25) is 10.1 Å². The third-order valence-electron chi connectivity index (χ3n) is 2.73. The second-order valence-electron chi connectivity index (χ2n) is 4.23. The molecule has 106 valence electrons. The van der Waals surface area contributed by atoms with Crippen molar-refractivity contribution in [3.8, 4) is 11.5 Å². The minimum atomic E-state index is -0.215. The van der Waals surface area contributed by atoms with E-state index in [1.54, 1.807) is 19.2 Å². The van der Waals surface area contributed by atoms with Crippen LogP contribution in [0.2, 0.25) is 5.02 Å². The maximum atomic E-state index is 11.2. The number of carbonyl (C=O) groups excluding carboxylic acids is 1. The molecule has 2 rings (SSSR count). The predicted molar refractivity (Wildman–Crippen MR) is 75.2 cm³/mol. The SMILES string of the molecule is CNC(=O)CN[C@@H](C)c1nnc(-c2cccc(Cl)c2)o1. The second-order valence-corrected chi connectivity index (χ2v) is 4.67. The van der Waals surface area contributed by atoms with Gasteiger partial charge in [0.2, 0.25) is 17.7 Å². The molecule has 0 unspecified atom stereocenters. The van der Waals surface area contributed by atoms with Gasteiger partial charge >= 0.3 is 0 Å². The summed E-state index contributed by atoms with van der Waals surface area (Å²) < 4.78 is 5.58. The van der Waals surface area contributed by atoms with Crippen molar-refractivity contribution in [1.82, 2.24) is 20.8 Å². The van der Waals surface area contributed by atoms with Crippen LogP contribution in [-0.2, 0) is 4.79 Å². The van der Waals surface area contributed by atoms with Crippen LogP contribution in [0.1, 0.15) is 18.9 Å². The molecule has 2 N–H and O–H groups in total. The first-order valence-corrected chi connectivity index (χ1v) is 6.51. The molecule has 6 nitrogen and oxygen atoms in total. The van der Waals surface area contributed by atoms with Gasteiger partial charge in [-0.2, -0.15) is 0 Å². The number of aromatic nitrogens is 2. The fraction of sp³-hybridized carbons (Fsp3) is 0.308. The smallest absolute Gasteiger partial charge is 0.247 e. The van der Waals surface area contributed by atoms with Crippen LogP contribution in [0.5, 0.6) is 0 Å². The lowest BCUT2D eigenvalue weighted by Crippen LogP contribution is -2.32. The lowest BCUT2D eigenvalue weighted by molar-refractivity contribution is -0.119. The molecule has 0 saturated heterocycles. The fourth-order valence-corrected chi connectivity index (χ4v) is 1.76. The number of nitrogens with one attached hydrogen (secondary N) is 2. The molecular weight excluding hydrogens is 280 g/mol. The van der Waals surface area contributed by atoms with E-state index in [1.807, 2.05) is 19.1 Å². The molecule has 20 heavy (non-hydrogen) atoms. The number of amides is 1. The van der Waals surface area contributed by atoms with Gasteiger partial charge in [0.05, 0.1) is 12.6 Å². The van der Waals surface area contributed by atoms with Gasteiger partial charge in [0.25, 0.3) is 0 Å². The van der Waals surface area contributed by atoms with E-state index in [0.29, 0.717) is 16.8 Å². The van der Waals surface area contributed by atoms with Gasteiger partial charge in [0.15, 0.2) is 0 Å². The summed E-state index contributed by atoms with van der Waals surface area (Å²) in [5, 5.41) is 14.1. The van der Waals surface area contributed by atoms with Crippen molar-refractivity contribution in [3.05, 3.63) is 35.2 Å². The van der Waals surface area contributed by atoms with Crippen molar-refractivity contribution in [3.63, 3.8) is 0 Å². The number of hydrogen-bond acceptors (Lipinski definition) is 5. The van der Waals surface area contributed by atoms with E-state index >= 15 is 0 Å². The van der Waals surface area contributed by atoms with Gasteiger partial charge in [-0.15, -0.1) is 10.2 Å². The van der Waals surface area contributed by atoms with Gasteiger partial charge in [-0.25, -0.2) is 0 Å². The quantitative estimate of drug-likeness (QED) is 0.879. The normalized spacial score (nSPS) is 12.2. The molecule has 0 spiro atoms. The van der Waals surface area contributed by atoms with Gasteiger partial charge in [-0.05, 0) is 25.1 Å². The Kier molecular flexibility index (Phi) is 4.70. The highest BCUT2D eigenvalue weighted by atomic mass is 35.5. The van der Waals surface area contributed by atoms with E-state index in [0.717, 1.165) is 5.56 Å². The summed E-state index contributed by atoms with van der Waals surface area (Å²) in [6.07, 6.45) is 0. The Morgan fingerprint density at radius 1 is 1.45 bits per heavy atom. The number of hydrogen-bond donors (Lipinski definition) is 2. The maximum absolute atomic E-state index is 11.2. The highest BCUT2D eigenvalue weighted by Crippen LogP contribution is 2.23. The van der Waals surface area contributed by atoms with Crippen LogP contribution in [0.15, 0.2) is 28.7 Å². The summed E-state index contributed by atoms with van der Waals surface area (Å²) in [5.41, 5.74) is 0.759. The number of carbonyl (C=O) groups is 1. The molecule has 0 saturated carbocycles. The standard InChI is InChI=1S/C13H15ClN4O2/c1-8(16-7-11(19)15-2)12-17-18-13(20-12)9-4-3-5-10(14)6-9/h3-6,8,16H,7H2,1-2H3,(H,15,19)/t8-/m0/s1. The molecule has 0 aliphatic heterocycles. The van der Waals surface area contributed by atoms with Crippen LogP contribution in [0.3, 0.4) is 0 Å². The van der Waals surface area contributed by atoms with E-state index in [2.05, 4.69) is 20.8 Å². The Balaban J connectivity index is 2.07. The van der Waals surface area contributed by atoms with E-state index < -0.39 is 0 Å². The number of likely N-dealkylation sites (N-methyl/N-ethyl adjacent to an activating group) is 1. The molecule has 1 aromatic carbocycles. The number of benzene rings is 1. The number of rotatable bonds is 5. The molecule has 1 atom stereocenters. The van der Waals surface area contributed by atoms with Crippen LogP contribution in [0, 0.1) is 0 Å². The second kappa shape index (κ2) is 6.49. The molecule has 0 aliphatic carbocycles. The van der Waals surface area contributed by atoms with Gasteiger partial charge in [0.1, 0.15) is 0 Å². The van der Waals surface area contributed by atoms with Crippen molar-refractivity contribution in [2.45, 2.75) is 13.0 Å². The van der Waals surface area contributed by atoms with Crippen molar-refractivity contribution in [2.24, 2.45) is 0 Å². The lowest BCUT2D eigenvalue weighted by atomic mass is 10.2. The molecule has 0 aliphatic rings. The summed E-state index contributed by atoms with van der Waals surface area (Å²) >= 11 is 5.92. The highest BCUT2D eigenvalue weighted by molar-refractivity contribution is 6.30. The predicted octanol–water partition coefficient (Wildman–Crippen LogP) is 1.79. The summed E-state index contributed by atoms with van der Waals surface area (Å²) in [7, 11) is 1.58. The average Bonchev–Trinajstić information content (AvgIpc) is 2.94. The topological polar surface area (TPSA) is 80.0 Å². The first kappa shape index (κ1) is 14.5. The monoisotopic (exact) mass is 294 g/mol. The average molecular weight is 295 g/mol. The Labute approximate surface area is 121 Å². The molecule has 0 fully saturated rings. The minimum absolute atomic E-state index is 0.105. The van der Waals surface area contributed by atoms with E-state index in [1.165, 1.54) is 0 Å². The van der Waals surface area contributed by atoms with E-state index in [-0.39, 0.29) is 18.5 Å². The Bertz CT molecular complexity index is 600. The summed E-state index contributed by atoms with van der Waals surface area (Å²) in [6.45, 7) is 2.03. The zero-order chi connectivity index (χ0) is 14.5. The summed E-state index contributed by atoms with van der Waals surface area (Å²) in [5.74, 6) is 0.714. The van der Waals surface area contributed by atoms with Gasteiger partial charge < -0.3 is 9.73 Å². The van der Waals surface area contributed by atoms with Crippen molar-refractivity contribution < 1.29 is 9.21 Å². The molecular formula is C13H15ClN4O2. The van der Waals surface area contributed by atoms with Gasteiger partial charge in [-0.1, -0.05) is 17.7 Å². The number of nitrogens with zero attached hydrogens (tertiary/aromatic N) is 2. The molecule has 1 aromatic heterocycles. The Morgan fingerprint density at radius 3 is 2.95 bits per heavy atom. The largest absolute Gasteiger partial charge is 0.419 e. The highest BCUT2D eigenvalue weighted by Gasteiger charge is 2.15. The summed E-state index contributed by atoms with van der Waals surface area (Å²) in [6, 6.07) is 6.96. The van der Waals surface area contributed by atoms with Crippen LogP contribution in [0.25, 0.3) is 11.5 Å². The van der Waals surface area contributed by atoms with Crippen molar-refractivity contribution in [2.75, 3.05) is 13.6 Å². The fourth-order valence-electron chi connectivity index (χ4n) is 1.57. The Morgan fingerprint density at radius 2 is 2.25 bits per heavy atom. The lowest BCUT2D eigenvalue weighted by Gasteiger charge is -2.08.